The maximum absolute atomic E-state index is 12.2. The highest BCUT2D eigenvalue weighted by Gasteiger charge is 2.26. The fourth-order valence-corrected chi connectivity index (χ4v) is 1.96. The van der Waals surface area contributed by atoms with Crippen LogP contribution in [0.5, 0.6) is 0 Å². The molecule has 1 fully saturated rings. The van der Waals surface area contributed by atoms with E-state index in [4.69, 9.17) is 5.11 Å². The van der Waals surface area contributed by atoms with Crippen LogP contribution in [0.4, 0.5) is 8.78 Å². The van der Waals surface area contributed by atoms with Gasteiger partial charge in [-0.1, -0.05) is 12.8 Å². The van der Waals surface area contributed by atoms with Gasteiger partial charge in [0.05, 0.1) is 13.1 Å². The number of carbonyl (C=O) groups is 1. The van der Waals surface area contributed by atoms with E-state index in [9.17, 15) is 13.6 Å². The number of hydrogen-bond donors (Lipinski definition) is 1. The number of carboxylic acid groups (broad SMARTS) is 1. The summed E-state index contributed by atoms with van der Waals surface area (Å²) in [5.74, 6) is -1.03. The monoisotopic (exact) mass is 207 g/mol. The van der Waals surface area contributed by atoms with E-state index in [1.165, 1.54) is 4.90 Å². The Labute approximate surface area is 81.7 Å². The van der Waals surface area contributed by atoms with Gasteiger partial charge in [0.15, 0.2) is 0 Å². The average molecular weight is 207 g/mol. The number of aliphatic carboxylic acids is 1. The van der Waals surface area contributed by atoms with Gasteiger partial charge in [-0.2, -0.15) is 0 Å². The lowest BCUT2D eigenvalue weighted by molar-refractivity contribution is -0.139. The Kier molecular flexibility index (Phi) is 4.25. The van der Waals surface area contributed by atoms with Crippen LogP contribution in [0.15, 0.2) is 0 Å². The van der Waals surface area contributed by atoms with Crippen LogP contribution in [0, 0.1) is 0 Å². The molecule has 1 saturated carbocycles. The smallest absolute Gasteiger partial charge is 0.317 e. The van der Waals surface area contributed by atoms with E-state index in [-0.39, 0.29) is 12.6 Å². The zero-order chi connectivity index (χ0) is 10.6. The largest absolute Gasteiger partial charge is 0.480 e. The molecule has 5 heteroatoms. The molecule has 0 aromatic rings. The van der Waals surface area contributed by atoms with Gasteiger partial charge in [-0.15, -0.1) is 0 Å². The van der Waals surface area contributed by atoms with Crippen molar-refractivity contribution in [1.82, 2.24) is 4.90 Å². The maximum Gasteiger partial charge on any atom is 0.317 e. The molecule has 3 nitrogen and oxygen atoms in total. The second-order valence-corrected chi connectivity index (χ2v) is 3.65. The second-order valence-electron chi connectivity index (χ2n) is 3.65. The first-order valence-corrected chi connectivity index (χ1v) is 4.83. The Morgan fingerprint density at radius 3 is 2.43 bits per heavy atom. The molecule has 0 aromatic carbocycles. The number of nitrogens with zero attached hydrogens (tertiary/aromatic N) is 1. The van der Waals surface area contributed by atoms with Gasteiger partial charge in [-0.3, -0.25) is 9.69 Å². The molecule has 0 saturated heterocycles. The molecule has 0 spiro atoms. The highest BCUT2D eigenvalue weighted by Crippen LogP contribution is 2.23. The van der Waals surface area contributed by atoms with Crippen LogP contribution in [-0.2, 0) is 4.79 Å². The van der Waals surface area contributed by atoms with Crippen molar-refractivity contribution in [2.75, 3.05) is 13.1 Å². The molecule has 0 unspecified atom stereocenters. The van der Waals surface area contributed by atoms with E-state index in [2.05, 4.69) is 0 Å². The highest BCUT2D eigenvalue weighted by molar-refractivity contribution is 5.69. The number of halogens is 2. The summed E-state index contributed by atoms with van der Waals surface area (Å²) in [6, 6.07) is 0.0418. The van der Waals surface area contributed by atoms with Gasteiger partial charge >= 0.3 is 5.97 Å². The molecule has 82 valence electrons. The van der Waals surface area contributed by atoms with Gasteiger partial charge < -0.3 is 5.11 Å². The zero-order valence-corrected chi connectivity index (χ0v) is 7.96. The molecule has 1 N–H and O–H groups in total. The Morgan fingerprint density at radius 1 is 1.43 bits per heavy atom. The third-order valence-corrected chi connectivity index (χ3v) is 2.55. The van der Waals surface area contributed by atoms with Crippen LogP contribution in [0.25, 0.3) is 0 Å². The standard InChI is InChI=1S/C9H15F2NO2/c10-8(11)5-12(6-9(13)14)7-3-1-2-4-7/h7-8H,1-6H2,(H,13,14). The van der Waals surface area contributed by atoms with E-state index in [1.807, 2.05) is 0 Å². The Bertz CT molecular complexity index is 193. The van der Waals surface area contributed by atoms with Gasteiger partial charge in [0.1, 0.15) is 0 Å². The summed E-state index contributed by atoms with van der Waals surface area (Å²) in [5.41, 5.74) is 0. The van der Waals surface area contributed by atoms with E-state index in [1.54, 1.807) is 0 Å². The maximum atomic E-state index is 12.2. The summed E-state index contributed by atoms with van der Waals surface area (Å²) in [7, 11) is 0. The van der Waals surface area contributed by atoms with Gasteiger partial charge in [-0.05, 0) is 12.8 Å². The summed E-state index contributed by atoms with van der Waals surface area (Å²) in [6.07, 6.45) is 1.28. The van der Waals surface area contributed by atoms with E-state index in [0.29, 0.717) is 0 Å². The van der Waals surface area contributed by atoms with E-state index in [0.717, 1.165) is 25.7 Å². The van der Waals surface area contributed by atoms with E-state index >= 15 is 0 Å². The van der Waals surface area contributed by atoms with Crippen molar-refractivity contribution in [3.05, 3.63) is 0 Å². The number of hydrogen-bond acceptors (Lipinski definition) is 2. The minimum absolute atomic E-state index is 0.0418. The predicted octanol–water partition coefficient (Wildman–Crippen LogP) is 1.58. The minimum Gasteiger partial charge on any atom is -0.480 e. The first kappa shape index (κ1) is 11.4. The van der Waals surface area contributed by atoms with Crippen LogP contribution in [-0.4, -0.2) is 41.5 Å². The molecule has 0 aliphatic heterocycles. The summed E-state index contributed by atoms with van der Waals surface area (Å²) in [6.45, 7) is -0.689. The topological polar surface area (TPSA) is 40.5 Å². The lowest BCUT2D eigenvalue weighted by Gasteiger charge is -2.26. The SMILES string of the molecule is O=C(O)CN(CC(F)F)C1CCCC1. The van der Waals surface area contributed by atoms with Crippen molar-refractivity contribution < 1.29 is 18.7 Å². The predicted molar refractivity (Wildman–Crippen MR) is 47.5 cm³/mol. The van der Waals surface area contributed by atoms with E-state index < -0.39 is 18.9 Å². The molecule has 0 radical (unpaired) electrons. The zero-order valence-electron chi connectivity index (χ0n) is 7.96. The van der Waals surface area contributed by atoms with Gasteiger partial charge in [-0.25, -0.2) is 8.78 Å². The lowest BCUT2D eigenvalue weighted by atomic mass is 10.2. The molecule has 0 atom stereocenters. The molecule has 1 aliphatic carbocycles. The summed E-state index contributed by atoms with van der Waals surface area (Å²) < 4.78 is 24.3. The first-order valence-electron chi connectivity index (χ1n) is 4.83. The molecule has 0 bridgehead atoms. The fraction of sp³-hybridized carbons (Fsp3) is 0.889. The number of carboxylic acids is 1. The second kappa shape index (κ2) is 5.24. The molecular formula is C9H15F2NO2. The molecule has 0 aromatic heterocycles. The average Bonchev–Trinajstić information content (AvgIpc) is 2.52. The third-order valence-electron chi connectivity index (χ3n) is 2.55. The molecule has 0 amide bonds. The Hall–Kier alpha value is -0.710. The number of alkyl halides is 2. The Balaban J connectivity index is 2.46. The third kappa shape index (κ3) is 3.57. The van der Waals surface area contributed by atoms with Crippen LogP contribution in [0.3, 0.4) is 0 Å². The van der Waals surface area contributed by atoms with Crippen molar-refractivity contribution in [1.29, 1.82) is 0 Å². The van der Waals surface area contributed by atoms with Gasteiger partial charge in [0, 0.05) is 6.04 Å². The number of rotatable bonds is 5. The van der Waals surface area contributed by atoms with Crippen LogP contribution in [0.1, 0.15) is 25.7 Å². The van der Waals surface area contributed by atoms with Crippen molar-refractivity contribution in [2.24, 2.45) is 0 Å². The van der Waals surface area contributed by atoms with Crippen LogP contribution < -0.4 is 0 Å². The van der Waals surface area contributed by atoms with Crippen LogP contribution in [0.2, 0.25) is 0 Å². The lowest BCUT2D eigenvalue weighted by Crippen LogP contribution is -2.40. The highest BCUT2D eigenvalue weighted by atomic mass is 19.3. The summed E-state index contributed by atoms with van der Waals surface area (Å²) in [5, 5.41) is 8.57. The van der Waals surface area contributed by atoms with Gasteiger partial charge in [0.2, 0.25) is 0 Å². The van der Waals surface area contributed by atoms with Crippen molar-refractivity contribution >= 4 is 5.97 Å². The normalized spacial score (nSPS) is 18.3. The molecule has 1 rings (SSSR count). The Morgan fingerprint density at radius 2 is 2.00 bits per heavy atom. The summed E-state index contributed by atoms with van der Waals surface area (Å²) >= 11 is 0. The summed E-state index contributed by atoms with van der Waals surface area (Å²) in [4.78, 5) is 11.9. The van der Waals surface area contributed by atoms with Crippen LogP contribution >= 0.6 is 0 Å². The van der Waals surface area contributed by atoms with Crippen molar-refractivity contribution in [2.45, 2.75) is 38.2 Å². The molecular weight excluding hydrogens is 192 g/mol. The first-order chi connectivity index (χ1) is 6.59. The van der Waals surface area contributed by atoms with Gasteiger partial charge in [0.25, 0.3) is 6.43 Å². The quantitative estimate of drug-likeness (QED) is 0.744. The molecule has 1 aliphatic rings. The molecule has 0 heterocycles. The van der Waals surface area contributed by atoms with Crippen molar-refractivity contribution in [3.63, 3.8) is 0 Å². The molecule has 14 heavy (non-hydrogen) atoms. The fourth-order valence-electron chi connectivity index (χ4n) is 1.96. The van der Waals surface area contributed by atoms with Crippen molar-refractivity contribution in [3.8, 4) is 0 Å². The minimum atomic E-state index is -2.45.